The van der Waals surface area contributed by atoms with Gasteiger partial charge in [-0.15, -0.1) is 0 Å². The van der Waals surface area contributed by atoms with Gasteiger partial charge in [-0.2, -0.15) is 5.10 Å². The Labute approximate surface area is 123 Å². The molecule has 21 heavy (non-hydrogen) atoms. The van der Waals surface area contributed by atoms with Gasteiger partial charge in [0.05, 0.1) is 25.1 Å². The molecule has 1 aliphatic rings. The highest BCUT2D eigenvalue weighted by Gasteiger charge is 2.34. The van der Waals surface area contributed by atoms with Crippen molar-refractivity contribution in [1.29, 1.82) is 0 Å². The Morgan fingerprint density at radius 3 is 2.33 bits per heavy atom. The predicted octanol–water partition coefficient (Wildman–Crippen LogP) is 2.70. The van der Waals surface area contributed by atoms with Crippen LogP contribution in [0.25, 0.3) is 0 Å². The van der Waals surface area contributed by atoms with E-state index >= 15 is 0 Å². The van der Waals surface area contributed by atoms with Crippen LogP contribution in [-0.2, 0) is 9.53 Å². The van der Waals surface area contributed by atoms with Gasteiger partial charge in [-0.3, -0.25) is 9.80 Å². The molecule has 0 saturated carbocycles. The Morgan fingerprint density at radius 1 is 1.10 bits per heavy atom. The van der Waals surface area contributed by atoms with E-state index in [-0.39, 0.29) is 11.9 Å². The first-order valence-electron chi connectivity index (χ1n) is 6.84. The fourth-order valence-corrected chi connectivity index (χ4v) is 2.46. The lowest BCUT2D eigenvalue weighted by Crippen LogP contribution is -2.28. The molecular weight excluding hydrogens is 264 g/mol. The summed E-state index contributed by atoms with van der Waals surface area (Å²) in [5, 5.41) is 6.48. The zero-order valence-electron chi connectivity index (χ0n) is 11.8. The molecular formula is C17H16N2O2. The SMILES string of the molecule is COC(=O)[C@H]1CN(c2ccccc2)N=C1c1ccccc1. The zero-order valence-corrected chi connectivity index (χ0v) is 11.8. The molecule has 1 heterocycles. The van der Waals surface area contributed by atoms with E-state index in [9.17, 15) is 4.79 Å². The molecule has 2 aromatic rings. The van der Waals surface area contributed by atoms with E-state index in [1.54, 1.807) is 0 Å². The van der Waals surface area contributed by atoms with Crippen LogP contribution in [0, 0.1) is 5.92 Å². The molecule has 0 N–H and O–H groups in total. The molecule has 0 aromatic heterocycles. The van der Waals surface area contributed by atoms with Gasteiger partial charge in [0, 0.05) is 0 Å². The van der Waals surface area contributed by atoms with Gasteiger partial charge >= 0.3 is 5.97 Å². The summed E-state index contributed by atoms with van der Waals surface area (Å²) < 4.78 is 4.92. The normalized spacial score (nSPS) is 17.5. The van der Waals surface area contributed by atoms with E-state index < -0.39 is 0 Å². The quantitative estimate of drug-likeness (QED) is 0.812. The average Bonchev–Trinajstić information content (AvgIpc) is 3.01. The van der Waals surface area contributed by atoms with Crippen molar-refractivity contribution in [3.8, 4) is 0 Å². The fourth-order valence-electron chi connectivity index (χ4n) is 2.46. The molecule has 106 valence electrons. The summed E-state index contributed by atoms with van der Waals surface area (Å²) in [7, 11) is 1.41. The molecule has 0 amide bonds. The van der Waals surface area contributed by atoms with Crippen LogP contribution in [0.3, 0.4) is 0 Å². The van der Waals surface area contributed by atoms with Crippen molar-refractivity contribution in [2.45, 2.75) is 0 Å². The molecule has 0 saturated heterocycles. The van der Waals surface area contributed by atoms with E-state index in [4.69, 9.17) is 4.74 Å². The minimum absolute atomic E-state index is 0.254. The summed E-state index contributed by atoms with van der Waals surface area (Å²) in [6, 6.07) is 19.6. The number of nitrogens with zero attached hydrogens (tertiary/aromatic N) is 2. The summed E-state index contributed by atoms with van der Waals surface area (Å²) in [6.07, 6.45) is 0. The molecule has 4 nitrogen and oxygen atoms in total. The maximum absolute atomic E-state index is 12.0. The number of carbonyl (C=O) groups is 1. The number of anilines is 1. The van der Waals surface area contributed by atoms with Gasteiger partial charge in [0.25, 0.3) is 0 Å². The van der Waals surface area contributed by atoms with Crippen molar-refractivity contribution in [3.63, 3.8) is 0 Å². The molecule has 4 heteroatoms. The van der Waals surface area contributed by atoms with Gasteiger partial charge in [0.15, 0.2) is 0 Å². The molecule has 1 aliphatic heterocycles. The largest absolute Gasteiger partial charge is 0.468 e. The topological polar surface area (TPSA) is 41.9 Å². The molecule has 0 fully saturated rings. The van der Waals surface area contributed by atoms with E-state index in [0.717, 1.165) is 17.0 Å². The van der Waals surface area contributed by atoms with Gasteiger partial charge < -0.3 is 4.74 Å². The summed E-state index contributed by atoms with van der Waals surface area (Å²) in [6.45, 7) is 0.501. The Bertz CT molecular complexity index is 653. The average molecular weight is 280 g/mol. The van der Waals surface area contributed by atoms with Crippen LogP contribution in [0.5, 0.6) is 0 Å². The van der Waals surface area contributed by atoms with Crippen LogP contribution < -0.4 is 5.01 Å². The monoisotopic (exact) mass is 280 g/mol. The number of hydrogen-bond donors (Lipinski definition) is 0. The maximum Gasteiger partial charge on any atom is 0.316 e. The molecule has 0 radical (unpaired) electrons. The van der Waals surface area contributed by atoms with Gasteiger partial charge in [0.2, 0.25) is 0 Å². The smallest absolute Gasteiger partial charge is 0.316 e. The summed E-state index contributed by atoms with van der Waals surface area (Å²) in [5.74, 6) is -0.617. The summed E-state index contributed by atoms with van der Waals surface area (Å²) >= 11 is 0. The van der Waals surface area contributed by atoms with Crippen molar-refractivity contribution < 1.29 is 9.53 Å². The van der Waals surface area contributed by atoms with E-state index in [2.05, 4.69) is 5.10 Å². The molecule has 0 spiro atoms. The third-order valence-corrected chi connectivity index (χ3v) is 3.52. The molecule has 1 atom stereocenters. The van der Waals surface area contributed by atoms with E-state index in [1.165, 1.54) is 7.11 Å². The number of carbonyl (C=O) groups excluding carboxylic acids is 1. The minimum atomic E-state index is -0.363. The van der Waals surface area contributed by atoms with Gasteiger partial charge in [-0.05, 0) is 17.7 Å². The van der Waals surface area contributed by atoms with E-state index in [1.807, 2.05) is 65.7 Å². The number of benzene rings is 2. The third-order valence-electron chi connectivity index (χ3n) is 3.52. The second kappa shape index (κ2) is 5.79. The molecule has 0 aliphatic carbocycles. The molecule has 2 aromatic carbocycles. The first kappa shape index (κ1) is 13.4. The lowest BCUT2D eigenvalue weighted by Gasteiger charge is -2.14. The Kier molecular flexibility index (Phi) is 3.69. The van der Waals surface area contributed by atoms with Crippen LogP contribution in [-0.4, -0.2) is 25.3 Å². The van der Waals surface area contributed by atoms with Crippen LogP contribution in [0.2, 0.25) is 0 Å². The van der Waals surface area contributed by atoms with Crippen LogP contribution >= 0.6 is 0 Å². The number of hydrazone groups is 1. The summed E-state index contributed by atoms with van der Waals surface area (Å²) in [4.78, 5) is 12.0. The fraction of sp³-hybridized carbons (Fsp3) is 0.176. The number of ether oxygens (including phenoxy) is 1. The first-order valence-corrected chi connectivity index (χ1v) is 6.84. The third kappa shape index (κ3) is 2.65. The zero-order chi connectivity index (χ0) is 14.7. The van der Waals surface area contributed by atoms with Crippen molar-refractivity contribution in [1.82, 2.24) is 0 Å². The van der Waals surface area contributed by atoms with Crippen LogP contribution in [0.4, 0.5) is 5.69 Å². The standard InChI is InChI=1S/C17H16N2O2/c1-21-17(20)15-12-19(14-10-6-3-7-11-14)18-16(15)13-8-4-2-5-9-13/h2-11,15H,12H2,1H3/t15-/m0/s1. The van der Waals surface area contributed by atoms with Crippen molar-refractivity contribution >= 4 is 17.4 Å². The van der Waals surface area contributed by atoms with Crippen molar-refractivity contribution in [3.05, 3.63) is 66.2 Å². The molecule has 0 unspecified atom stereocenters. The number of esters is 1. The van der Waals surface area contributed by atoms with Crippen LogP contribution in [0.1, 0.15) is 5.56 Å². The van der Waals surface area contributed by atoms with Crippen molar-refractivity contribution in [2.24, 2.45) is 11.0 Å². The van der Waals surface area contributed by atoms with Gasteiger partial charge in [-0.25, -0.2) is 0 Å². The second-order valence-electron chi connectivity index (χ2n) is 4.84. The Morgan fingerprint density at radius 2 is 1.71 bits per heavy atom. The lowest BCUT2D eigenvalue weighted by molar-refractivity contribution is -0.142. The number of para-hydroxylation sites is 1. The second-order valence-corrected chi connectivity index (χ2v) is 4.84. The highest BCUT2D eigenvalue weighted by Crippen LogP contribution is 2.25. The van der Waals surface area contributed by atoms with Gasteiger partial charge in [-0.1, -0.05) is 48.5 Å². The number of methoxy groups -OCH3 is 1. The highest BCUT2D eigenvalue weighted by atomic mass is 16.5. The first-order chi connectivity index (χ1) is 10.3. The highest BCUT2D eigenvalue weighted by molar-refractivity contribution is 6.13. The van der Waals surface area contributed by atoms with Crippen molar-refractivity contribution in [2.75, 3.05) is 18.7 Å². The molecule has 0 bridgehead atoms. The van der Waals surface area contributed by atoms with Gasteiger partial charge in [0.1, 0.15) is 5.92 Å². The number of hydrogen-bond acceptors (Lipinski definition) is 4. The number of rotatable bonds is 3. The Balaban J connectivity index is 1.98. The van der Waals surface area contributed by atoms with Crippen LogP contribution in [0.15, 0.2) is 65.8 Å². The predicted molar refractivity (Wildman–Crippen MR) is 82.3 cm³/mol. The maximum atomic E-state index is 12.0. The lowest BCUT2D eigenvalue weighted by atomic mass is 9.98. The van der Waals surface area contributed by atoms with E-state index in [0.29, 0.717) is 6.54 Å². The Hall–Kier alpha value is -2.62. The minimum Gasteiger partial charge on any atom is -0.468 e. The molecule has 3 rings (SSSR count). The summed E-state index contributed by atoms with van der Waals surface area (Å²) in [5.41, 5.74) is 2.68.